The second kappa shape index (κ2) is 7.14. The van der Waals surface area contributed by atoms with E-state index in [4.69, 9.17) is 27.8 Å². The molecule has 1 amide bonds. The van der Waals surface area contributed by atoms with Crippen molar-refractivity contribution in [3.05, 3.63) is 23.2 Å². The van der Waals surface area contributed by atoms with Gasteiger partial charge in [0.1, 0.15) is 5.75 Å². The normalized spacial score (nSPS) is 10.3. The average molecular weight is 341 g/mol. The van der Waals surface area contributed by atoms with Crippen molar-refractivity contribution in [2.24, 2.45) is 0 Å². The van der Waals surface area contributed by atoms with E-state index in [1.165, 1.54) is 7.11 Å². The number of nitrogens with zero attached hydrogens (tertiary/aromatic N) is 3. The Hall–Kier alpha value is -2.26. The van der Waals surface area contributed by atoms with Crippen molar-refractivity contribution in [3.63, 3.8) is 0 Å². The van der Waals surface area contributed by atoms with Crippen LogP contribution in [0.4, 0.5) is 17.6 Å². The van der Waals surface area contributed by atoms with E-state index in [0.717, 1.165) is 11.8 Å². The van der Waals surface area contributed by atoms with E-state index in [0.29, 0.717) is 16.5 Å². The predicted molar refractivity (Wildman–Crippen MR) is 86.0 cm³/mol. The van der Waals surface area contributed by atoms with Gasteiger partial charge in [-0.15, -0.1) is 0 Å². The number of nitrogens with two attached hydrogens (primary N) is 2. The molecule has 0 aliphatic rings. The zero-order chi connectivity index (χ0) is 16.1. The molecule has 10 heteroatoms. The number of hydrogen-bond donors (Lipinski definition) is 3. The zero-order valence-electron chi connectivity index (χ0n) is 11.5. The molecule has 8 nitrogen and oxygen atoms in total. The Balaban J connectivity index is 2.00. The number of thioether (sulfide) groups is 1. The van der Waals surface area contributed by atoms with Crippen molar-refractivity contribution in [2.45, 2.75) is 5.16 Å². The Labute approximate surface area is 135 Å². The lowest BCUT2D eigenvalue weighted by molar-refractivity contribution is -0.113. The number of methoxy groups -OCH3 is 1. The molecule has 0 unspecified atom stereocenters. The third-order valence-corrected chi connectivity index (χ3v) is 3.50. The van der Waals surface area contributed by atoms with Gasteiger partial charge in [0.05, 0.1) is 18.6 Å². The Bertz CT molecular complexity index is 679. The molecule has 0 aliphatic carbocycles. The number of benzene rings is 1. The van der Waals surface area contributed by atoms with E-state index in [1.54, 1.807) is 18.2 Å². The second-order valence-corrected chi connectivity index (χ2v) is 5.39. The van der Waals surface area contributed by atoms with Gasteiger partial charge in [0.15, 0.2) is 5.16 Å². The highest BCUT2D eigenvalue weighted by molar-refractivity contribution is 7.99. The summed E-state index contributed by atoms with van der Waals surface area (Å²) in [6.45, 7) is 0. The lowest BCUT2D eigenvalue weighted by atomic mass is 10.3. The number of nitrogens with one attached hydrogen (secondary N) is 1. The Morgan fingerprint density at radius 3 is 2.64 bits per heavy atom. The SMILES string of the molecule is COc1ccc(Cl)cc1NC(=O)CSc1nc(N)nc(N)n1. The molecule has 0 bridgehead atoms. The molecule has 1 aromatic carbocycles. The molecule has 0 saturated carbocycles. The fourth-order valence-electron chi connectivity index (χ4n) is 1.55. The van der Waals surface area contributed by atoms with Crippen LogP contribution >= 0.6 is 23.4 Å². The summed E-state index contributed by atoms with van der Waals surface area (Å²) in [4.78, 5) is 23.4. The minimum Gasteiger partial charge on any atom is -0.495 e. The molecule has 0 radical (unpaired) electrons. The lowest BCUT2D eigenvalue weighted by Gasteiger charge is -2.10. The van der Waals surface area contributed by atoms with Crippen LogP contribution in [0.3, 0.4) is 0 Å². The quantitative estimate of drug-likeness (QED) is 0.697. The van der Waals surface area contributed by atoms with Gasteiger partial charge in [0.2, 0.25) is 17.8 Å². The summed E-state index contributed by atoms with van der Waals surface area (Å²) in [6.07, 6.45) is 0. The van der Waals surface area contributed by atoms with Gasteiger partial charge in [-0.25, -0.2) is 0 Å². The van der Waals surface area contributed by atoms with Crippen molar-refractivity contribution in [1.82, 2.24) is 15.0 Å². The van der Waals surface area contributed by atoms with Crippen molar-refractivity contribution >= 4 is 46.9 Å². The van der Waals surface area contributed by atoms with E-state index in [2.05, 4.69) is 20.3 Å². The standard InChI is InChI=1S/C12H13ClN6O2S/c1-21-8-3-2-6(13)4-7(8)16-9(20)5-22-12-18-10(14)17-11(15)19-12/h2-4H,5H2,1H3,(H,16,20)(H4,14,15,17,18,19). The molecule has 0 saturated heterocycles. The lowest BCUT2D eigenvalue weighted by Crippen LogP contribution is -2.15. The molecule has 1 heterocycles. The zero-order valence-corrected chi connectivity index (χ0v) is 13.1. The third kappa shape index (κ3) is 4.37. The highest BCUT2D eigenvalue weighted by atomic mass is 35.5. The van der Waals surface area contributed by atoms with Gasteiger partial charge in [-0.3, -0.25) is 4.79 Å². The van der Waals surface area contributed by atoms with Gasteiger partial charge >= 0.3 is 0 Å². The number of aromatic nitrogens is 3. The number of carbonyl (C=O) groups excluding carboxylic acids is 1. The molecular weight excluding hydrogens is 328 g/mol. The Morgan fingerprint density at radius 1 is 1.32 bits per heavy atom. The summed E-state index contributed by atoms with van der Waals surface area (Å²) in [6, 6.07) is 4.93. The molecule has 0 fully saturated rings. The summed E-state index contributed by atoms with van der Waals surface area (Å²) in [7, 11) is 1.50. The molecule has 2 rings (SSSR count). The van der Waals surface area contributed by atoms with Crippen LogP contribution in [0.25, 0.3) is 0 Å². The first-order valence-corrected chi connectivity index (χ1v) is 7.37. The van der Waals surface area contributed by atoms with E-state index in [9.17, 15) is 4.79 Å². The Morgan fingerprint density at radius 2 is 2.00 bits per heavy atom. The van der Waals surface area contributed by atoms with E-state index < -0.39 is 0 Å². The second-order valence-electron chi connectivity index (χ2n) is 4.02. The summed E-state index contributed by atoms with van der Waals surface area (Å²) >= 11 is 6.98. The van der Waals surface area contributed by atoms with Crippen LogP contribution < -0.4 is 21.5 Å². The summed E-state index contributed by atoms with van der Waals surface area (Å²) in [5.41, 5.74) is 11.4. The average Bonchev–Trinajstić information content (AvgIpc) is 2.44. The van der Waals surface area contributed by atoms with Crippen LogP contribution in [-0.2, 0) is 4.79 Å². The maximum atomic E-state index is 12.0. The third-order valence-electron chi connectivity index (χ3n) is 2.42. The fraction of sp³-hybridized carbons (Fsp3) is 0.167. The van der Waals surface area contributed by atoms with Crippen molar-refractivity contribution in [3.8, 4) is 5.75 Å². The van der Waals surface area contributed by atoms with Crippen LogP contribution in [0.1, 0.15) is 0 Å². The molecule has 22 heavy (non-hydrogen) atoms. The van der Waals surface area contributed by atoms with Gasteiger partial charge in [0.25, 0.3) is 0 Å². The number of ether oxygens (including phenoxy) is 1. The van der Waals surface area contributed by atoms with Crippen molar-refractivity contribution < 1.29 is 9.53 Å². The predicted octanol–water partition coefficient (Wildman–Crippen LogP) is 1.43. The molecule has 1 aromatic heterocycles. The Kier molecular flexibility index (Phi) is 5.23. The summed E-state index contributed by atoms with van der Waals surface area (Å²) < 4.78 is 5.15. The van der Waals surface area contributed by atoms with E-state index in [-0.39, 0.29) is 28.7 Å². The fourth-order valence-corrected chi connectivity index (χ4v) is 2.37. The minimum absolute atomic E-state index is 0.00641. The molecule has 2 aromatic rings. The number of carbonyl (C=O) groups is 1. The van der Waals surface area contributed by atoms with Crippen LogP contribution in [0.2, 0.25) is 5.02 Å². The highest BCUT2D eigenvalue weighted by Gasteiger charge is 2.10. The van der Waals surface area contributed by atoms with Crippen LogP contribution in [0.15, 0.2) is 23.4 Å². The highest BCUT2D eigenvalue weighted by Crippen LogP contribution is 2.28. The molecule has 5 N–H and O–H groups in total. The van der Waals surface area contributed by atoms with Crippen molar-refractivity contribution in [2.75, 3.05) is 29.6 Å². The summed E-state index contributed by atoms with van der Waals surface area (Å²) in [5, 5.41) is 3.46. The van der Waals surface area contributed by atoms with Gasteiger partial charge in [0, 0.05) is 5.02 Å². The largest absolute Gasteiger partial charge is 0.495 e. The first kappa shape index (κ1) is 16.1. The van der Waals surface area contributed by atoms with E-state index >= 15 is 0 Å². The molecule has 0 spiro atoms. The minimum atomic E-state index is -0.275. The van der Waals surface area contributed by atoms with Gasteiger partial charge in [-0.05, 0) is 18.2 Å². The van der Waals surface area contributed by atoms with Gasteiger partial charge in [-0.1, -0.05) is 23.4 Å². The smallest absolute Gasteiger partial charge is 0.234 e. The van der Waals surface area contributed by atoms with Crippen LogP contribution in [0.5, 0.6) is 5.75 Å². The topological polar surface area (TPSA) is 129 Å². The molecular formula is C12H13ClN6O2S. The number of amides is 1. The number of nitrogen functional groups attached to an aromatic ring is 2. The van der Waals surface area contributed by atoms with Gasteiger partial charge < -0.3 is 21.5 Å². The first-order chi connectivity index (χ1) is 10.5. The van der Waals surface area contributed by atoms with E-state index in [1.807, 2.05) is 0 Å². The van der Waals surface area contributed by atoms with Crippen LogP contribution in [0, 0.1) is 0 Å². The van der Waals surface area contributed by atoms with Crippen molar-refractivity contribution in [1.29, 1.82) is 0 Å². The maximum absolute atomic E-state index is 12.0. The van der Waals surface area contributed by atoms with Gasteiger partial charge in [-0.2, -0.15) is 15.0 Å². The number of anilines is 3. The number of halogens is 1. The number of rotatable bonds is 5. The molecule has 116 valence electrons. The molecule has 0 aliphatic heterocycles. The van der Waals surface area contributed by atoms with Crippen LogP contribution in [-0.4, -0.2) is 33.7 Å². The first-order valence-electron chi connectivity index (χ1n) is 6.01. The maximum Gasteiger partial charge on any atom is 0.234 e. The number of hydrogen-bond acceptors (Lipinski definition) is 8. The monoisotopic (exact) mass is 340 g/mol. The molecule has 0 atom stereocenters. The summed E-state index contributed by atoms with van der Waals surface area (Å²) in [5.74, 6) is 0.316.